The summed E-state index contributed by atoms with van der Waals surface area (Å²) in [7, 11) is 3.98. The lowest BCUT2D eigenvalue weighted by Gasteiger charge is -2.37. The van der Waals surface area contributed by atoms with Crippen LogP contribution in [0.5, 0.6) is 0 Å². The number of nitrogens with zero attached hydrogens (tertiary/aromatic N) is 2. The highest BCUT2D eigenvalue weighted by atomic mass is 19.1. The van der Waals surface area contributed by atoms with E-state index in [9.17, 15) is 14.0 Å². The number of hydrogen-bond acceptors (Lipinski definition) is 3. The Morgan fingerprint density at radius 2 is 1.90 bits per heavy atom. The van der Waals surface area contributed by atoms with Crippen LogP contribution in [0, 0.1) is 11.2 Å². The van der Waals surface area contributed by atoms with Crippen LogP contribution in [0.25, 0.3) is 0 Å². The fourth-order valence-corrected chi connectivity index (χ4v) is 5.06. The van der Waals surface area contributed by atoms with Crippen LogP contribution in [0.15, 0.2) is 42.5 Å². The van der Waals surface area contributed by atoms with E-state index in [-0.39, 0.29) is 17.4 Å². The van der Waals surface area contributed by atoms with Crippen molar-refractivity contribution in [2.24, 2.45) is 11.1 Å². The summed E-state index contributed by atoms with van der Waals surface area (Å²) in [6.45, 7) is 0.697. The molecule has 1 saturated heterocycles. The van der Waals surface area contributed by atoms with E-state index in [1.165, 1.54) is 12.1 Å². The van der Waals surface area contributed by atoms with Crippen molar-refractivity contribution in [2.75, 3.05) is 30.4 Å². The lowest BCUT2D eigenvalue weighted by molar-refractivity contribution is -0.127. The third-order valence-electron chi connectivity index (χ3n) is 6.71. The van der Waals surface area contributed by atoms with Crippen molar-refractivity contribution in [3.63, 3.8) is 0 Å². The summed E-state index contributed by atoms with van der Waals surface area (Å²) >= 11 is 0. The summed E-state index contributed by atoms with van der Waals surface area (Å²) in [6, 6.07) is 12.4. The highest BCUT2D eigenvalue weighted by Gasteiger charge is 2.49. The molecule has 1 spiro atoms. The van der Waals surface area contributed by atoms with Crippen LogP contribution in [-0.2, 0) is 4.79 Å². The molecule has 2 atom stereocenters. The van der Waals surface area contributed by atoms with Gasteiger partial charge in [0.2, 0.25) is 11.8 Å². The number of carbonyl (C=O) groups excluding carboxylic acids is 2. The van der Waals surface area contributed by atoms with Crippen molar-refractivity contribution in [3.8, 4) is 0 Å². The van der Waals surface area contributed by atoms with Crippen molar-refractivity contribution in [2.45, 2.75) is 38.0 Å². The number of nitrogens with two attached hydrogens (primary N) is 1. The molecule has 0 bridgehead atoms. The van der Waals surface area contributed by atoms with Gasteiger partial charge in [-0.25, -0.2) is 4.39 Å². The maximum atomic E-state index is 14.1. The van der Waals surface area contributed by atoms with E-state index < -0.39 is 17.1 Å². The molecule has 2 aromatic carbocycles. The van der Waals surface area contributed by atoms with E-state index in [4.69, 9.17) is 5.73 Å². The van der Waals surface area contributed by atoms with Gasteiger partial charge in [-0.05, 0) is 79.6 Å². The first kappa shape index (κ1) is 20.4. The fourth-order valence-electron chi connectivity index (χ4n) is 5.06. The number of hydrogen-bond donors (Lipinski definition) is 1. The van der Waals surface area contributed by atoms with Gasteiger partial charge in [-0.3, -0.25) is 9.59 Å². The molecule has 1 saturated carbocycles. The summed E-state index contributed by atoms with van der Waals surface area (Å²) in [4.78, 5) is 29.0. The van der Waals surface area contributed by atoms with Gasteiger partial charge < -0.3 is 15.5 Å². The molecule has 2 amide bonds. The van der Waals surface area contributed by atoms with E-state index in [1.54, 1.807) is 6.07 Å². The third-order valence-corrected chi connectivity index (χ3v) is 6.71. The number of carbonyl (C=O) groups is 2. The van der Waals surface area contributed by atoms with E-state index in [0.29, 0.717) is 13.0 Å². The molecule has 0 aromatic heterocycles. The van der Waals surface area contributed by atoms with Crippen LogP contribution in [-0.4, -0.2) is 32.5 Å². The quantitative estimate of drug-likeness (QED) is 0.828. The van der Waals surface area contributed by atoms with Crippen molar-refractivity contribution in [1.82, 2.24) is 0 Å². The topological polar surface area (TPSA) is 66.6 Å². The summed E-state index contributed by atoms with van der Waals surface area (Å²) in [5.74, 6) is -0.879. The largest absolute Gasteiger partial charge is 0.378 e. The smallest absolute Gasteiger partial charge is 0.248 e. The van der Waals surface area contributed by atoms with Gasteiger partial charge >= 0.3 is 0 Å². The molecule has 2 fully saturated rings. The van der Waals surface area contributed by atoms with Gasteiger partial charge in [0.05, 0.1) is 5.41 Å². The highest BCUT2D eigenvalue weighted by molar-refractivity contribution is 6.00. The van der Waals surface area contributed by atoms with Gasteiger partial charge in [-0.15, -0.1) is 0 Å². The Morgan fingerprint density at radius 1 is 1.17 bits per heavy atom. The average molecular weight is 410 g/mol. The van der Waals surface area contributed by atoms with Crippen LogP contribution in [0.4, 0.5) is 15.8 Å². The first-order chi connectivity index (χ1) is 14.3. The molecule has 6 heteroatoms. The molecule has 158 valence electrons. The second kappa shape index (κ2) is 7.74. The van der Waals surface area contributed by atoms with E-state index in [1.807, 2.05) is 48.2 Å². The average Bonchev–Trinajstić information content (AvgIpc) is 3.03. The monoisotopic (exact) mass is 409 g/mol. The van der Waals surface area contributed by atoms with E-state index in [2.05, 4.69) is 0 Å². The highest BCUT2D eigenvalue weighted by Crippen LogP contribution is 2.50. The Labute approximate surface area is 176 Å². The maximum Gasteiger partial charge on any atom is 0.248 e. The number of amides is 2. The summed E-state index contributed by atoms with van der Waals surface area (Å²) in [5, 5.41) is 0. The molecule has 2 unspecified atom stereocenters. The zero-order valence-corrected chi connectivity index (χ0v) is 17.5. The number of primary amides is 1. The minimum Gasteiger partial charge on any atom is -0.378 e. The molecule has 30 heavy (non-hydrogen) atoms. The van der Waals surface area contributed by atoms with E-state index >= 15 is 0 Å². The molecule has 1 heterocycles. The molecular formula is C24H28FN3O2. The minimum absolute atomic E-state index is 0.0487. The van der Waals surface area contributed by atoms with Gasteiger partial charge in [0.15, 0.2) is 0 Å². The molecule has 1 aliphatic heterocycles. The first-order valence-electron chi connectivity index (χ1n) is 10.5. The van der Waals surface area contributed by atoms with Gasteiger partial charge in [-0.1, -0.05) is 6.42 Å². The van der Waals surface area contributed by atoms with Gasteiger partial charge in [0, 0.05) is 37.6 Å². The molecule has 0 radical (unpaired) electrons. The SMILES string of the molecule is CN(C)c1ccc(N2CCC3(CCCC(c4cc(F)cc(C(N)=O)c4)C3)C2=O)cc1. The van der Waals surface area contributed by atoms with Crippen LogP contribution >= 0.6 is 0 Å². The maximum absolute atomic E-state index is 14.1. The Balaban J connectivity index is 1.57. The van der Waals surface area contributed by atoms with Crippen molar-refractivity contribution < 1.29 is 14.0 Å². The zero-order chi connectivity index (χ0) is 21.5. The Kier molecular flexibility index (Phi) is 5.26. The molecule has 4 rings (SSSR count). The van der Waals surface area contributed by atoms with Crippen LogP contribution in [0.2, 0.25) is 0 Å². The predicted octanol–water partition coefficient (Wildman–Crippen LogP) is 4.07. The van der Waals surface area contributed by atoms with Crippen molar-refractivity contribution >= 4 is 23.2 Å². The molecular weight excluding hydrogens is 381 g/mol. The van der Waals surface area contributed by atoms with Crippen LogP contribution < -0.4 is 15.5 Å². The lowest BCUT2D eigenvalue weighted by Crippen LogP contribution is -2.38. The standard InChI is InChI=1S/C24H28FN3O2/c1-27(2)20-5-7-21(8-6-20)28-11-10-24(23(28)30)9-3-4-16(15-24)17-12-18(22(26)29)14-19(25)13-17/h5-8,12-14,16H,3-4,9-11,15H2,1-2H3,(H2,26,29). The molecule has 5 nitrogen and oxygen atoms in total. The van der Waals surface area contributed by atoms with Crippen LogP contribution in [0.3, 0.4) is 0 Å². The summed E-state index contributed by atoms with van der Waals surface area (Å²) < 4.78 is 14.1. The number of rotatable bonds is 4. The molecule has 2 N–H and O–H groups in total. The summed E-state index contributed by atoms with van der Waals surface area (Å²) in [6.07, 6.45) is 4.13. The number of anilines is 2. The Bertz CT molecular complexity index is 973. The van der Waals surface area contributed by atoms with Gasteiger partial charge in [0.25, 0.3) is 0 Å². The molecule has 2 aromatic rings. The minimum atomic E-state index is -0.634. The molecule has 2 aliphatic rings. The fraction of sp³-hybridized carbons (Fsp3) is 0.417. The molecule has 1 aliphatic carbocycles. The summed E-state index contributed by atoms with van der Waals surface area (Å²) in [5.41, 5.74) is 7.91. The van der Waals surface area contributed by atoms with Gasteiger partial charge in [0.1, 0.15) is 5.82 Å². The zero-order valence-electron chi connectivity index (χ0n) is 17.5. The number of benzene rings is 2. The lowest BCUT2D eigenvalue weighted by atomic mass is 9.67. The Morgan fingerprint density at radius 3 is 2.57 bits per heavy atom. The van der Waals surface area contributed by atoms with Crippen molar-refractivity contribution in [1.29, 1.82) is 0 Å². The Hall–Kier alpha value is -2.89. The van der Waals surface area contributed by atoms with Crippen LogP contribution in [0.1, 0.15) is 53.9 Å². The third kappa shape index (κ3) is 3.66. The second-order valence-electron chi connectivity index (χ2n) is 8.83. The van der Waals surface area contributed by atoms with E-state index in [0.717, 1.165) is 42.6 Å². The normalized spacial score (nSPS) is 23.8. The van der Waals surface area contributed by atoms with Crippen molar-refractivity contribution in [3.05, 3.63) is 59.4 Å². The van der Waals surface area contributed by atoms with Gasteiger partial charge in [-0.2, -0.15) is 0 Å². The number of halogens is 1. The predicted molar refractivity (Wildman–Crippen MR) is 116 cm³/mol. The second-order valence-corrected chi connectivity index (χ2v) is 8.83. The first-order valence-corrected chi connectivity index (χ1v) is 10.5.